The second kappa shape index (κ2) is 5.40. The van der Waals surface area contributed by atoms with E-state index in [1.807, 2.05) is 23.8 Å². The average Bonchev–Trinajstić information content (AvgIpc) is 3.02. The molecule has 5 heteroatoms. The lowest BCUT2D eigenvalue weighted by atomic mass is 10.2. The molecule has 5 nitrogen and oxygen atoms in total. The average molecular weight is 273 g/mol. The second-order valence-corrected chi connectivity index (χ2v) is 5.67. The Morgan fingerprint density at radius 1 is 1.45 bits per heavy atom. The molecule has 2 aromatic rings. The van der Waals surface area contributed by atoms with Crippen LogP contribution in [0.2, 0.25) is 0 Å². The van der Waals surface area contributed by atoms with Crippen molar-refractivity contribution in [1.82, 2.24) is 19.5 Å². The Balaban J connectivity index is 1.83. The highest BCUT2D eigenvalue weighted by Gasteiger charge is 2.25. The van der Waals surface area contributed by atoms with Gasteiger partial charge in [-0.15, -0.1) is 0 Å². The van der Waals surface area contributed by atoms with E-state index in [9.17, 15) is 0 Å². The van der Waals surface area contributed by atoms with Crippen molar-refractivity contribution in [3.8, 4) is 0 Å². The molecule has 2 aromatic heterocycles. The molecule has 20 heavy (non-hydrogen) atoms. The molecule has 0 N–H and O–H groups in total. The van der Waals surface area contributed by atoms with Gasteiger partial charge in [0.2, 0.25) is 0 Å². The quantitative estimate of drug-likeness (QED) is 0.853. The van der Waals surface area contributed by atoms with Gasteiger partial charge in [0.1, 0.15) is 5.52 Å². The van der Waals surface area contributed by atoms with Gasteiger partial charge >= 0.3 is 0 Å². The van der Waals surface area contributed by atoms with E-state index in [1.165, 1.54) is 19.4 Å². The number of nitrogens with zero attached hydrogens (tertiary/aromatic N) is 5. The third kappa shape index (κ3) is 2.38. The van der Waals surface area contributed by atoms with Crippen molar-refractivity contribution in [3.05, 3.63) is 24.2 Å². The van der Waals surface area contributed by atoms with Gasteiger partial charge in [-0.05, 0) is 38.9 Å². The molecule has 0 spiro atoms. The van der Waals surface area contributed by atoms with Crippen molar-refractivity contribution in [2.24, 2.45) is 0 Å². The summed E-state index contributed by atoms with van der Waals surface area (Å²) in [6.45, 7) is 7.68. The molecular formula is C15H23N5. The zero-order chi connectivity index (χ0) is 14.1. The van der Waals surface area contributed by atoms with Crippen LogP contribution in [0.5, 0.6) is 0 Å². The number of likely N-dealkylation sites (N-methyl/N-ethyl adjacent to an activating group) is 2. The Morgan fingerprint density at radius 3 is 3.10 bits per heavy atom. The number of rotatable bonds is 4. The minimum Gasteiger partial charge on any atom is -0.356 e. The van der Waals surface area contributed by atoms with E-state index in [0.29, 0.717) is 6.04 Å². The van der Waals surface area contributed by atoms with Gasteiger partial charge in [-0.3, -0.25) is 4.90 Å². The van der Waals surface area contributed by atoms with Crippen molar-refractivity contribution < 1.29 is 0 Å². The summed E-state index contributed by atoms with van der Waals surface area (Å²) in [7, 11) is 2.14. The highest BCUT2D eigenvalue weighted by atomic mass is 15.3. The van der Waals surface area contributed by atoms with Crippen molar-refractivity contribution >= 4 is 11.3 Å². The lowest BCUT2D eigenvalue weighted by molar-refractivity contribution is 0.270. The van der Waals surface area contributed by atoms with E-state index < -0.39 is 0 Å². The number of aromatic nitrogens is 3. The molecule has 0 aliphatic carbocycles. The Bertz CT molecular complexity index is 591. The highest BCUT2D eigenvalue weighted by molar-refractivity contribution is 5.68. The van der Waals surface area contributed by atoms with Crippen LogP contribution in [0.15, 0.2) is 18.5 Å². The maximum atomic E-state index is 4.56. The minimum absolute atomic E-state index is 0.649. The molecule has 1 fully saturated rings. The van der Waals surface area contributed by atoms with Crippen LogP contribution in [0.25, 0.3) is 5.52 Å². The Kier molecular flexibility index (Phi) is 3.61. The fourth-order valence-corrected chi connectivity index (χ4v) is 3.25. The molecule has 0 aromatic carbocycles. The topological polar surface area (TPSA) is 36.7 Å². The first-order chi connectivity index (χ1) is 9.69. The summed E-state index contributed by atoms with van der Waals surface area (Å²) in [5.41, 5.74) is 2.12. The van der Waals surface area contributed by atoms with E-state index >= 15 is 0 Å². The fourth-order valence-electron chi connectivity index (χ4n) is 3.25. The van der Waals surface area contributed by atoms with E-state index in [4.69, 9.17) is 0 Å². The van der Waals surface area contributed by atoms with Crippen LogP contribution < -0.4 is 4.90 Å². The van der Waals surface area contributed by atoms with Gasteiger partial charge in [0.05, 0.1) is 5.69 Å². The van der Waals surface area contributed by atoms with Gasteiger partial charge in [-0.25, -0.2) is 9.50 Å². The predicted molar refractivity (Wildman–Crippen MR) is 81.3 cm³/mol. The maximum Gasteiger partial charge on any atom is 0.154 e. The van der Waals surface area contributed by atoms with Crippen LogP contribution in [0.4, 0.5) is 5.82 Å². The zero-order valence-corrected chi connectivity index (χ0v) is 12.6. The number of likely N-dealkylation sites (tertiary alicyclic amines) is 1. The van der Waals surface area contributed by atoms with Crippen LogP contribution in [0.1, 0.15) is 25.5 Å². The number of hydrogen-bond donors (Lipinski definition) is 0. The summed E-state index contributed by atoms with van der Waals surface area (Å²) in [6.07, 6.45) is 6.35. The molecule has 3 heterocycles. The third-order valence-corrected chi connectivity index (χ3v) is 4.24. The van der Waals surface area contributed by atoms with Gasteiger partial charge in [0.15, 0.2) is 5.82 Å². The van der Waals surface area contributed by atoms with Crippen LogP contribution in [-0.2, 0) is 0 Å². The Labute approximate surface area is 120 Å². The second-order valence-electron chi connectivity index (χ2n) is 5.67. The molecule has 1 saturated heterocycles. The summed E-state index contributed by atoms with van der Waals surface area (Å²) < 4.78 is 1.92. The number of hydrogen-bond acceptors (Lipinski definition) is 4. The number of aryl methyl sites for hydroxylation is 1. The van der Waals surface area contributed by atoms with Gasteiger partial charge in [-0.1, -0.05) is 6.92 Å². The third-order valence-electron chi connectivity index (χ3n) is 4.24. The normalized spacial score (nSPS) is 19.9. The maximum absolute atomic E-state index is 4.56. The zero-order valence-electron chi connectivity index (χ0n) is 12.6. The fraction of sp³-hybridized carbons (Fsp3) is 0.600. The molecule has 108 valence electrons. The first kappa shape index (κ1) is 13.4. The predicted octanol–water partition coefficient (Wildman–Crippen LogP) is 1.96. The van der Waals surface area contributed by atoms with Crippen molar-refractivity contribution in [2.45, 2.75) is 32.7 Å². The summed E-state index contributed by atoms with van der Waals surface area (Å²) in [5.74, 6) is 1.02. The number of fused-ring (bicyclic) bond motifs is 1. The Hall–Kier alpha value is -1.62. The first-order valence-electron chi connectivity index (χ1n) is 7.45. The molecule has 3 rings (SSSR count). The molecular weight excluding hydrogens is 250 g/mol. The molecule has 0 amide bonds. The van der Waals surface area contributed by atoms with E-state index in [0.717, 1.165) is 30.1 Å². The summed E-state index contributed by atoms with van der Waals surface area (Å²) in [5, 5.41) is 4.46. The first-order valence-corrected chi connectivity index (χ1v) is 7.45. The van der Waals surface area contributed by atoms with Crippen LogP contribution in [0.3, 0.4) is 0 Å². The van der Waals surface area contributed by atoms with E-state index in [1.54, 1.807) is 0 Å². The molecule has 0 radical (unpaired) electrons. The monoisotopic (exact) mass is 273 g/mol. The standard InChI is InChI=1S/C15H23N5/c1-4-19-8-5-6-13(19)11-18(3)15-14-10-12(2)17-20(14)9-7-16-15/h7,9-10,13H,4-6,8,11H2,1-3H3. The largest absolute Gasteiger partial charge is 0.356 e. The molecule has 1 unspecified atom stereocenters. The van der Waals surface area contributed by atoms with Gasteiger partial charge in [-0.2, -0.15) is 5.10 Å². The molecule has 1 aliphatic heterocycles. The van der Waals surface area contributed by atoms with E-state index in [-0.39, 0.29) is 0 Å². The van der Waals surface area contributed by atoms with E-state index in [2.05, 4.69) is 39.9 Å². The smallest absolute Gasteiger partial charge is 0.154 e. The summed E-state index contributed by atoms with van der Waals surface area (Å²) in [6, 6.07) is 2.75. The van der Waals surface area contributed by atoms with Gasteiger partial charge in [0, 0.05) is 32.0 Å². The number of anilines is 1. The van der Waals surface area contributed by atoms with Crippen LogP contribution in [-0.4, -0.2) is 52.2 Å². The van der Waals surface area contributed by atoms with Crippen LogP contribution >= 0.6 is 0 Å². The van der Waals surface area contributed by atoms with Crippen LogP contribution in [0, 0.1) is 6.92 Å². The highest BCUT2D eigenvalue weighted by Crippen LogP contribution is 2.22. The minimum atomic E-state index is 0.649. The molecule has 1 atom stereocenters. The SMILES string of the molecule is CCN1CCCC1CN(C)c1nccn2nc(C)cc12. The summed E-state index contributed by atoms with van der Waals surface area (Å²) in [4.78, 5) is 9.40. The van der Waals surface area contributed by atoms with Crippen molar-refractivity contribution in [3.63, 3.8) is 0 Å². The van der Waals surface area contributed by atoms with Gasteiger partial charge in [0.25, 0.3) is 0 Å². The van der Waals surface area contributed by atoms with Gasteiger partial charge < -0.3 is 4.90 Å². The lowest BCUT2D eigenvalue weighted by Gasteiger charge is -2.28. The van der Waals surface area contributed by atoms with Crippen molar-refractivity contribution in [1.29, 1.82) is 0 Å². The lowest BCUT2D eigenvalue weighted by Crippen LogP contribution is -2.39. The Morgan fingerprint density at radius 2 is 2.30 bits per heavy atom. The molecule has 0 bridgehead atoms. The summed E-state index contributed by atoms with van der Waals surface area (Å²) >= 11 is 0. The molecule has 1 aliphatic rings. The van der Waals surface area contributed by atoms with Crippen molar-refractivity contribution in [2.75, 3.05) is 31.6 Å². The molecule has 0 saturated carbocycles.